The van der Waals surface area contributed by atoms with E-state index in [-0.39, 0.29) is 5.75 Å². The quantitative estimate of drug-likeness (QED) is 0.650. The van der Waals surface area contributed by atoms with Crippen LogP contribution in [-0.2, 0) is 4.74 Å². The van der Waals surface area contributed by atoms with Gasteiger partial charge in [0.1, 0.15) is 28.2 Å². The van der Waals surface area contributed by atoms with E-state index in [1.807, 2.05) is 6.92 Å². The number of nitrogens with zero attached hydrogens (tertiary/aromatic N) is 1. The molecule has 0 fully saturated rings. The van der Waals surface area contributed by atoms with Crippen LogP contribution in [0, 0.1) is 0 Å². The fraction of sp³-hybridized carbons (Fsp3) is 0.357. The van der Waals surface area contributed by atoms with Gasteiger partial charge in [-0.1, -0.05) is 18.5 Å². The number of pyridine rings is 1. The molecule has 0 radical (unpaired) electrons. The lowest BCUT2D eigenvalue weighted by molar-refractivity contribution is 0.146. The van der Waals surface area contributed by atoms with Crippen LogP contribution in [0.25, 0.3) is 10.9 Å². The zero-order valence-electron chi connectivity index (χ0n) is 11.4. The van der Waals surface area contributed by atoms with E-state index >= 15 is 0 Å². The second kappa shape index (κ2) is 7.02. The Morgan fingerprint density at radius 1 is 1.35 bits per heavy atom. The van der Waals surface area contributed by atoms with Crippen molar-refractivity contribution in [2.75, 3.05) is 26.1 Å². The highest BCUT2D eigenvalue weighted by Gasteiger charge is 2.12. The average molecular weight is 314 g/mol. The SMILES string of the molecule is CCSc1cc(O)c2ccc(OCCOC)c(Cl)c2n1. The van der Waals surface area contributed by atoms with Crippen molar-refractivity contribution < 1.29 is 14.6 Å². The maximum Gasteiger partial charge on any atom is 0.140 e. The monoisotopic (exact) mass is 313 g/mol. The molecule has 6 heteroatoms. The molecule has 0 atom stereocenters. The van der Waals surface area contributed by atoms with Crippen molar-refractivity contribution >= 4 is 34.3 Å². The summed E-state index contributed by atoms with van der Waals surface area (Å²) in [5, 5.41) is 11.8. The van der Waals surface area contributed by atoms with Crippen molar-refractivity contribution in [1.82, 2.24) is 4.98 Å². The highest BCUT2D eigenvalue weighted by atomic mass is 35.5. The Kier molecular flexibility index (Phi) is 5.34. The fourth-order valence-electron chi connectivity index (χ4n) is 1.77. The maximum atomic E-state index is 10.0. The van der Waals surface area contributed by atoms with Crippen molar-refractivity contribution in [2.24, 2.45) is 0 Å². The van der Waals surface area contributed by atoms with E-state index in [9.17, 15) is 5.11 Å². The summed E-state index contributed by atoms with van der Waals surface area (Å²) < 4.78 is 10.5. The van der Waals surface area contributed by atoms with E-state index in [1.165, 1.54) is 0 Å². The van der Waals surface area contributed by atoms with Gasteiger partial charge in [0.15, 0.2) is 0 Å². The third-order valence-corrected chi connectivity index (χ3v) is 3.83. The summed E-state index contributed by atoms with van der Waals surface area (Å²) in [6.07, 6.45) is 0. The molecule has 2 aromatic rings. The number of hydrogen-bond donors (Lipinski definition) is 1. The van der Waals surface area contributed by atoms with Crippen LogP contribution in [0.2, 0.25) is 5.02 Å². The minimum absolute atomic E-state index is 0.177. The number of methoxy groups -OCH3 is 1. The Balaban J connectivity index is 2.41. The lowest BCUT2D eigenvalue weighted by Crippen LogP contribution is -2.04. The summed E-state index contributed by atoms with van der Waals surface area (Å²) in [6.45, 7) is 2.93. The molecule has 0 aliphatic heterocycles. The van der Waals surface area contributed by atoms with Crippen LogP contribution < -0.4 is 4.74 Å². The Morgan fingerprint density at radius 2 is 2.15 bits per heavy atom. The number of aromatic nitrogens is 1. The molecule has 0 aliphatic carbocycles. The highest BCUT2D eigenvalue weighted by molar-refractivity contribution is 7.99. The van der Waals surface area contributed by atoms with Crippen LogP contribution in [0.1, 0.15) is 6.92 Å². The first kappa shape index (κ1) is 15.2. The lowest BCUT2D eigenvalue weighted by Gasteiger charge is -2.11. The summed E-state index contributed by atoms with van der Waals surface area (Å²) in [4.78, 5) is 4.47. The number of benzene rings is 1. The number of ether oxygens (including phenoxy) is 2. The molecular weight excluding hydrogens is 298 g/mol. The van der Waals surface area contributed by atoms with E-state index in [0.717, 1.165) is 10.8 Å². The standard InChI is InChI=1S/C14H16ClNO3S/c1-3-20-12-8-10(17)9-4-5-11(19-7-6-18-2)13(15)14(9)16-12/h4-5,8H,3,6-7H2,1-2H3,(H,16,17). The molecule has 0 unspecified atom stereocenters. The van der Waals surface area contributed by atoms with Crippen molar-refractivity contribution in [3.05, 3.63) is 23.2 Å². The topological polar surface area (TPSA) is 51.6 Å². The second-order valence-electron chi connectivity index (χ2n) is 4.03. The second-order valence-corrected chi connectivity index (χ2v) is 5.69. The van der Waals surface area contributed by atoms with Crippen LogP contribution in [0.5, 0.6) is 11.5 Å². The van der Waals surface area contributed by atoms with Crippen LogP contribution in [0.4, 0.5) is 0 Å². The molecule has 0 aliphatic rings. The van der Waals surface area contributed by atoms with Gasteiger partial charge in [-0.3, -0.25) is 0 Å². The zero-order chi connectivity index (χ0) is 14.5. The first-order valence-electron chi connectivity index (χ1n) is 6.24. The van der Waals surface area contributed by atoms with E-state index in [2.05, 4.69) is 4.98 Å². The molecule has 20 heavy (non-hydrogen) atoms. The van der Waals surface area contributed by atoms with E-state index in [0.29, 0.717) is 34.9 Å². The van der Waals surface area contributed by atoms with Gasteiger partial charge in [0.05, 0.1) is 12.1 Å². The molecule has 0 amide bonds. The van der Waals surface area contributed by atoms with Gasteiger partial charge in [-0.25, -0.2) is 4.98 Å². The number of rotatable bonds is 6. The molecule has 108 valence electrons. The lowest BCUT2D eigenvalue weighted by atomic mass is 10.2. The first-order valence-corrected chi connectivity index (χ1v) is 7.60. The molecule has 1 N–H and O–H groups in total. The molecule has 1 heterocycles. The van der Waals surface area contributed by atoms with E-state index in [1.54, 1.807) is 37.1 Å². The zero-order valence-corrected chi connectivity index (χ0v) is 12.9. The van der Waals surface area contributed by atoms with Crippen molar-refractivity contribution in [2.45, 2.75) is 11.9 Å². The molecule has 0 bridgehead atoms. The predicted octanol–water partition coefficient (Wildman–Crippen LogP) is 3.73. The van der Waals surface area contributed by atoms with Crippen molar-refractivity contribution in [1.29, 1.82) is 0 Å². The normalized spacial score (nSPS) is 10.9. The number of fused-ring (bicyclic) bond motifs is 1. The molecular formula is C14H16ClNO3S. The highest BCUT2D eigenvalue weighted by Crippen LogP contribution is 2.37. The summed E-state index contributed by atoms with van der Waals surface area (Å²) in [5.74, 6) is 1.60. The smallest absolute Gasteiger partial charge is 0.140 e. The van der Waals surface area contributed by atoms with E-state index in [4.69, 9.17) is 21.1 Å². The Morgan fingerprint density at radius 3 is 2.85 bits per heavy atom. The molecule has 0 spiro atoms. The van der Waals surface area contributed by atoms with Gasteiger partial charge >= 0.3 is 0 Å². The van der Waals surface area contributed by atoms with Gasteiger partial charge < -0.3 is 14.6 Å². The Labute approximate surface area is 127 Å². The van der Waals surface area contributed by atoms with E-state index < -0.39 is 0 Å². The summed E-state index contributed by atoms with van der Waals surface area (Å²) in [6, 6.07) is 5.14. The minimum Gasteiger partial charge on any atom is -0.507 e. The third kappa shape index (κ3) is 3.29. The Hall–Kier alpha value is -1.17. The molecule has 4 nitrogen and oxygen atoms in total. The molecule has 1 aromatic heterocycles. The summed E-state index contributed by atoms with van der Waals surface area (Å²) >= 11 is 7.87. The maximum absolute atomic E-state index is 10.0. The van der Waals surface area contributed by atoms with Gasteiger partial charge in [0.2, 0.25) is 0 Å². The first-order chi connectivity index (χ1) is 9.67. The number of halogens is 1. The number of thioether (sulfide) groups is 1. The van der Waals surface area contributed by atoms with Crippen LogP contribution in [0.3, 0.4) is 0 Å². The van der Waals surface area contributed by atoms with Gasteiger partial charge in [0, 0.05) is 18.6 Å². The van der Waals surface area contributed by atoms with Crippen LogP contribution >= 0.6 is 23.4 Å². The van der Waals surface area contributed by atoms with Gasteiger partial charge in [-0.15, -0.1) is 11.8 Å². The van der Waals surface area contributed by atoms with Gasteiger partial charge in [-0.05, 0) is 17.9 Å². The molecule has 0 saturated heterocycles. The van der Waals surface area contributed by atoms with Crippen LogP contribution in [0.15, 0.2) is 23.2 Å². The largest absolute Gasteiger partial charge is 0.507 e. The Bertz CT molecular complexity index is 606. The molecule has 0 saturated carbocycles. The summed E-state index contributed by atoms with van der Waals surface area (Å²) in [7, 11) is 1.61. The van der Waals surface area contributed by atoms with Gasteiger partial charge in [-0.2, -0.15) is 0 Å². The molecule has 1 aromatic carbocycles. The predicted molar refractivity (Wildman–Crippen MR) is 82.2 cm³/mol. The summed E-state index contributed by atoms with van der Waals surface area (Å²) in [5.41, 5.74) is 0.553. The minimum atomic E-state index is 0.177. The number of aromatic hydroxyl groups is 1. The third-order valence-electron chi connectivity index (χ3n) is 2.68. The molecule has 2 rings (SSSR count). The number of hydrogen-bond acceptors (Lipinski definition) is 5. The van der Waals surface area contributed by atoms with Crippen LogP contribution in [-0.4, -0.2) is 36.2 Å². The van der Waals surface area contributed by atoms with Crippen molar-refractivity contribution in [3.8, 4) is 11.5 Å². The fourth-order valence-corrected chi connectivity index (χ4v) is 2.68. The average Bonchev–Trinajstić information content (AvgIpc) is 2.42. The van der Waals surface area contributed by atoms with Gasteiger partial charge in [0.25, 0.3) is 0 Å². The van der Waals surface area contributed by atoms with Crippen molar-refractivity contribution in [3.63, 3.8) is 0 Å².